The van der Waals surface area contributed by atoms with Crippen LogP contribution in [0.5, 0.6) is 0 Å². The molecule has 0 unspecified atom stereocenters. The Morgan fingerprint density at radius 3 is 2.45 bits per heavy atom. The molecule has 0 bridgehead atoms. The largest absolute Gasteiger partial charge is 0.379 e. The lowest BCUT2D eigenvalue weighted by atomic mass is 10.3. The van der Waals surface area contributed by atoms with Gasteiger partial charge in [0, 0.05) is 24.1 Å². The Kier molecular flexibility index (Phi) is 4.29. The van der Waals surface area contributed by atoms with Gasteiger partial charge in [-0.2, -0.15) is 0 Å². The first kappa shape index (κ1) is 14.4. The van der Waals surface area contributed by atoms with Crippen LogP contribution in [0.2, 0.25) is 0 Å². The van der Waals surface area contributed by atoms with Crippen molar-refractivity contribution in [2.75, 3.05) is 16.3 Å². The van der Waals surface area contributed by atoms with Crippen molar-refractivity contribution >= 4 is 21.4 Å². The van der Waals surface area contributed by atoms with Crippen molar-refractivity contribution in [2.45, 2.75) is 20.0 Å². The molecule has 0 aliphatic carbocycles. The van der Waals surface area contributed by atoms with Gasteiger partial charge in [-0.05, 0) is 31.2 Å². The molecule has 6 nitrogen and oxygen atoms in total. The van der Waals surface area contributed by atoms with Crippen molar-refractivity contribution in [1.82, 2.24) is 9.55 Å². The van der Waals surface area contributed by atoms with E-state index in [1.54, 1.807) is 18.5 Å². The smallest absolute Gasteiger partial charge is 0.229 e. The van der Waals surface area contributed by atoms with Crippen LogP contribution in [0.25, 0.3) is 0 Å². The fourth-order valence-electron chi connectivity index (χ4n) is 1.84. The third-order valence-electron chi connectivity index (χ3n) is 2.80. The molecule has 1 heterocycles. The maximum Gasteiger partial charge on any atom is 0.229 e. The fraction of sp³-hybridized carbons (Fsp3) is 0.308. The molecule has 0 fully saturated rings. The minimum Gasteiger partial charge on any atom is -0.379 e. The van der Waals surface area contributed by atoms with Crippen LogP contribution >= 0.6 is 0 Å². The van der Waals surface area contributed by atoms with Gasteiger partial charge in [0.15, 0.2) is 0 Å². The lowest BCUT2D eigenvalue weighted by molar-refractivity contribution is 0.607. The summed E-state index contributed by atoms with van der Waals surface area (Å²) in [5, 5.41) is 3.27. The number of imidazole rings is 1. The highest BCUT2D eigenvalue weighted by Gasteiger charge is 2.02. The van der Waals surface area contributed by atoms with Gasteiger partial charge < -0.3 is 9.88 Å². The summed E-state index contributed by atoms with van der Waals surface area (Å²) in [4.78, 5) is 4.11. The zero-order chi connectivity index (χ0) is 14.6. The quantitative estimate of drug-likeness (QED) is 0.853. The molecule has 0 amide bonds. The van der Waals surface area contributed by atoms with Crippen molar-refractivity contribution in [3.8, 4) is 0 Å². The summed E-state index contributed by atoms with van der Waals surface area (Å²) in [6, 6.07) is 7.11. The standard InChI is InChI=1S/C13H18N4O2S/c1-3-17-10-14-8-13(17)9-15-11-4-6-12(7-5-11)16-20(2,18)19/h4-8,10,15-16H,3,9H2,1-2H3. The van der Waals surface area contributed by atoms with Gasteiger partial charge in [0.2, 0.25) is 10.0 Å². The third-order valence-corrected chi connectivity index (χ3v) is 3.41. The number of sulfonamides is 1. The molecule has 0 saturated heterocycles. The molecule has 1 aromatic carbocycles. The van der Waals surface area contributed by atoms with Crippen LogP contribution in [0.1, 0.15) is 12.6 Å². The number of hydrogen-bond acceptors (Lipinski definition) is 4. The van der Waals surface area contributed by atoms with Crippen molar-refractivity contribution in [3.05, 3.63) is 42.5 Å². The molecule has 0 atom stereocenters. The molecule has 2 aromatic rings. The summed E-state index contributed by atoms with van der Waals surface area (Å²) in [6.45, 7) is 3.62. The summed E-state index contributed by atoms with van der Waals surface area (Å²) in [5.74, 6) is 0. The fourth-order valence-corrected chi connectivity index (χ4v) is 2.41. The maximum atomic E-state index is 11.1. The van der Waals surface area contributed by atoms with Crippen molar-refractivity contribution < 1.29 is 8.42 Å². The molecule has 2 N–H and O–H groups in total. The minimum absolute atomic E-state index is 0.552. The van der Waals surface area contributed by atoms with Crippen molar-refractivity contribution in [3.63, 3.8) is 0 Å². The first-order chi connectivity index (χ1) is 9.48. The van der Waals surface area contributed by atoms with Gasteiger partial charge in [-0.25, -0.2) is 13.4 Å². The van der Waals surface area contributed by atoms with E-state index in [9.17, 15) is 8.42 Å². The molecule has 20 heavy (non-hydrogen) atoms. The second-order valence-corrected chi connectivity index (χ2v) is 6.22. The van der Waals surface area contributed by atoms with Crippen LogP contribution in [0.3, 0.4) is 0 Å². The summed E-state index contributed by atoms with van der Waals surface area (Å²) < 4.78 is 26.7. The molecule has 2 rings (SSSR count). The van der Waals surface area contributed by atoms with E-state index in [0.29, 0.717) is 12.2 Å². The van der Waals surface area contributed by atoms with Gasteiger partial charge >= 0.3 is 0 Å². The van der Waals surface area contributed by atoms with E-state index in [2.05, 4.69) is 26.5 Å². The first-order valence-corrected chi connectivity index (χ1v) is 8.18. The number of anilines is 2. The maximum absolute atomic E-state index is 11.1. The Morgan fingerprint density at radius 2 is 1.85 bits per heavy atom. The van der Waals surface area contributed by atoms with E-state index < -0.39 is 10.0 Å². The highest BCUT2D eigenvalue weighted by molar-refractivity contribution is 7.92. The summed E-state index contributed by atoms with van der Waals surface area (Å²) in [6.07, 6.45) is 4.76. The number of hydrogen-bond donors (Lipinski definition) is 2. The lowest BCUT2D eigenvalue weighted by Crippen LogP contribution is -2.09. The van der Waals surface area contributed by atoms with E-state index in [1.807, 2.05) is 18.3 Å². The third kappa shape index (κ3) is 3.99. The highest BCUT2D eigenvalue weighted by atomic mass is 32.2. The number of nitrogens with zero attached hydrogens (tertiary/aromatic N) is 2. The molecule has 108 valence electrons. The summed E-state index contributed by atoms with van der Waals surface area (Å²) in [5.41, 5.74) is 2.58. The Balaban J connectivity index is 1.97. The van der Waals surface area contributed by atoms with Crippen molar-refractivity contribution in [2.24, 2.45) is 0 Å². The zero-order valence-corrected chi connectivity index (χ0v) is 12.3. The Labute approximate surface area is 118 Å². The number of rotatable bonds is 6. The zero-order valence-electron chi connectivity index (χ0n) is 11.5. The van der Waals surface area contributed by atoms with E-state index in [4.69, 9.17) is 0 Å². The van der Waals surface area contributed by atoms with E-state index >= 15 is 0 Å². The van der Waals surface area contributed by atoms with Gasteiger partial charge in [-0.3, -0.25) is 4.72 Å². The molecule has 1 aromatic heterocycles. The second-order valence-electron chi connectivity index (χ2n) is 4.48. The lowest BCUT2D eigenvalue weighted by Gasteiger charge is -2.09. The van der Waals surface area contributed by atoms with Gasteiger partial charge in [0.1, 0.15) is 0 Å². The predicted molar refractivity (Wildman–Crippen MR) is 80.1 cm³/mol. The van der Waals surface area contributed by atoms with E-state index in [0.717, 1.165) is 24.2 Å². The number of aromatic nitrogens is 2. The van der Waals surface area contributed by atoms with Crippen LogP contribution in [-0.2, 0) is 23.1 Å². The van der Waals surface area contributed by atoms with E-state index in [-0.39, 0.29) is 0 Å². The molecule has 0 aliphatic rings. The molecule has 7 heteroatoms. The Morgan fingerprint density at radius 1 is 1.20 bits per heavy atom. The molecular formula is C13H18N4O2S. The number of nitrogens with one attached hydrogen (secondary N) is 2. The summed E-state index contributed by atoms with van der Waals surface area (Å²) >= 11 is 0. The van der Waals surface area contributed by atoms with Gasteiger partial charge in [0.25, 0.3) is 0 Å². The molecule has 0 saturated carbocycles. The van der Waals surface area contributed by atoms with E-state index in [1.165, 1.54) is 0 Å². The van der Waals surface area contributed by atoms with Crippen LogP contribution in [0, 0.1) is 0 Å². The first-order valence-electron chi connectivity index (χ1n) is 6.28. The summed E-state index contributed by atoms with van der Waals surface area (Å²) in [7, 11) is -3.23. The average molecular weight is 294 g/mol. The van der Waals surface area contributed by atoms with Gasteiger partial charge in [0.05, 0.1) is 24.8 Å². The predicted octanol–water partition coefficient (Wildman–Crippen LogP) is 1.89. The monoisotopic (exact) mass is 294 g/mol. The molecular weight excluding hydrogens is 276 g/mol. The molecule has 0 spiro atoms. The second kappa shape index (κ2) is 5.96. The number of aryl methyl sites for hydroxylation is 1. The Bertz CT molecular complexity index is 662. The van der Waals surface area contributed by atoms with Crippen LogP contribution in [0.15, 0.2) is 36.8 Å². The minimum atomic E-state index is -3.23. The van der Waals surface area contributed by atoms with Crippen molar-refractivity contribution in [1.29, 1.82) is 0 Å². The van der Waals surface area contributed by atoms with Crippen LogP contribution in [-0.4, -0.2) is 24.2 Å². The van der Waals surface area contributed by atoms with Crippen LogP contribution in [0.4, 0.5) is 11.4 Å². The Hall–Kier alpha value is -2.02. The molecule has 0 aliphatic heterocycles. The molecule has 0 radical (unpaired) electrons. The number of benzene rings is 1. The highest BCUT2D eigenvalue weighted by Crippen LogP contribution is 2.15. The normalized spacial score (nSPS) is 11.3. The SMILES string of the molecule is CCn1cncc1CNc1ccc(NS(C)(=O)=O)cc1. The van der Waals surface area contributed by atoms with Gasteiger partial charge in [-0.15, -0.1) is 0 Å². The van der Waals surface area contributed by atoms with Gasteiger partial charge in [-0.1, -0.05) is 0 Å². The van der Waals surface area contributed by atoms with Crippen LogP contribution < -0.4 is 10.0 Å². The topological polar surface area (TPSA) is 76.0 Å². The average Bonchev–Trinajstić information content (AvgIpc) is 2.83.